The van der Waals surface area contributed by atoms with E-state index >= 15 is 0 Å². The molecule has 1 aliphatic rings. The molecule has 0 radical (unpaired) electrons. The van der Waals surface area contributed by atoms with Crippen molar-refractivity contribution in [2.24, 2.45) is 5.92 Å². The van der Waals surface area contributed by atoms with Crippen LogP contribution in [0, 0.1) is 11.7 Å². The third-order valence-corrected chi connectivity index (χ3v) is 5.36. The zero-order chi connectivity index (χ0) is 19.6. The van der Waals surface area contributed by atoms with E-state index in [-0.39, 0.29) is 5.82 Å². The van der Waals surface area contributed by atoms with Crippen molar-refractivity contribution in [3.8, 4) is 11.5 Å². The fraction of sp³-hybridized carbons (Fsp3) is 0.350. The molecule has 29 heavy (non-hydrogen) atoms. The molecule has 4 heterocycles. The van der Waals surface area contributed by atoms with Crippen LogP contribution in [0.2, 0.25) is 0 Å². The van der Waals surface area contributed by atoms with Gasteiger partial charge in [-0.1, -0.05) is 17.3 Å². The molecular formula is C20H19FN6O2. The second kappa shape index (κ2) is 7.67. The summed E-state index contributed by atoms with van der Waals surface area (Å²) in [5.41, 5.74) is 3.27. The minimum Gasteiger partial charge on any atom is -0.339 e. The Hall–Kier alpha value is -3.20. The van der Waals surface area contributed by atoms with Gasteiger partial charge in [-0.2, -0.15) is 4.98 Å². The van der Waals surface area contributed by atoms with Crippen LogP contribution in [0.25, 0.3) is 22.6 Å². The minimum absolute atomic E-state index is 0.389. The smallest absolute Gasteiger partial charge is 0.227 e. The molecule has 0 aliphatic carbocycles. The summed E-state index contributed by atoms with van der Waals surface area (Å²) in [6.07, 6.45) is 4.00. The fourth-order valence-corrected chi connectivity index (χ4v) is 3.78. The standard InChI is InChI=1S/C20H19FN6O2/c21-15-4-5-17(22-11-15)20-23-18(28-26-20)10-13-6-8-27(9-7-13)12-14-2-1-3-16-19(14)25-29-24-16/h1-5,11,13H,6-10,12H2. The van der Waals surface area contributed by atoms with E-state index in [0.717, 1.165) is 61.7 Å². The number of nitrogens with zero attached hydrogens (tertiary/aromatic N) is 6. The molecule has 4 aromatic rings. The van der Waals surface area contributed by atoms with Crippen molar-refractivity contribution in [2.45, 2.75) is 25.8 Å². The number of piperidine rings is 1. The summed E-state index contributed by atoms with van der Waals surface area (Å²) in [5, 5.41) is 11.9. The summed E-state index contributed by atoms with van der Waals surface area (Å²) in [4.78, 5) is 10.8. The Labute approximate surface area is 165 Å². The monoisotopic (exact) mass is 394 g/mol. The van der Waals surface area contributed by atoms with Gasteiger partial charge in [0.25, 0.3) is 0 Å². The molecule has 148 valence electrons. The van der Waals surface area contributed by atoms with Crippen LogP contribution in [0.1, 0.15) is 24.3 Å². The van der Waals surface area contributed by atoms with Gasteiger partial charge in [0, 0.05) is 13.0 Å². The summed E-state index contributed by atoms with van der Waals surface area (Å²) < 4.78 is 23.2. The number of likely N-dealkylation sites (tertiary alicyclic amines) is 1. The summed E-state index contributed by atoms with van der Waals surface area (Å²) in [6.45, 7) is 2.82. The SMILES string of the molecule is Fc1ccc(-c2noc(CC3CCN(Cc4cccc5nonc45)CC3)n2)nc1. The number of aromatic nitrogens is 5. The first kappa shape index (κ1) is 17.9. The molecule has 0 spiro atoms. The normalized spacial score (nSPS) is 15.9. The zero-order valence-electron chi connectivity index (χ0n) is 15.7. The fourth-order valence-electron chi connectivity index (χ4n) is 3.78. The summed E-state index contributed by atoms with van der Waals surface area (Å²) >= 11 is 0. The number of hydrogen-bond donors (Lipinski definition) is 0. The quantitative estimate of drug-likeness (QED) is 0.509. The van der Waals surface area contributed by atoms with E-state index in [9.17, 15) is 4.39 Å². The van der Waals surface area contributed by atoms with E-state index < -0.39 is 0 Å². The maximum absolute atomic E-state index is 13.0. The van der Waals surface area contributed by atoms with Gasteiger partial charge < -0.3 is 4.52 Å². The predicted octanol–water partition coefficient (Wildman–Crippen LogP) is 3.26. The van der Waals surface area contributed by atoms with Gasteiger partial charge in [-0.3, -0.25) is 4.90 Å². The highest BCUT2D eigenvalue weighted by Crippen LogP contribution is 2.25. The Morgan fingerprint density at radius 2 is 1.97 bits per heavy atom. The van der Waals surface area contributed by atoms with Gasteiger partial charge in [-0.15, -0.1) is 0 Å². The van der Waals surface area contributed by atoms with Crippen LogP contribution in [0.3, 0.4) is 0 Å². The third-order valence-electron chi connectivity index (χ3n) is 5.36. The topological polar surface area (TPSA) is 94.0 Å². The minimum atomic E-state index is -0.389. The molecule has 0 unspecified atom stereocenters. The molecule has 0 atom stereocenters. The average molecular weight is 394 g/mol. The molecule has 0 saturated carbocycles. The van der Waals surface area contributed by atoms with Gasteiger partial charge in [0.1, 0.15) is 22.5 Å². The highest BCUT2D eigenvalue weighted by Gasteiger charge is 2.23. The number of halogens is 1. The lowest BCUT2D eigenvalue weighted by Gasteiger charge is -2.31. The van der Waals surface area contributed by atoms with Crippen LogP contribution in [-0.4, -0.2) is 43.4 Å². The average Bonchev–Trinajstić information content (AvgIpc) is 3.40. The van der Waals surface area contributed by atoms with Gasteiger partial charge in [-0.25, -0.2) is 14.0 Å². The van der Waals surface area contributed by atoms with E-state index in [1.165, 1.54) is 6.07 Å². The van der Waals surface area contributed by atoms with Crippen LogP contribution in [-0.2, 0) is 13.0 Å². The zero-order valence-corrected chi connectivity index (χ0v) is 15.7. The van der Waals surface area contributed by atoms with E-state index in [1.807, 2.05) is 12.1 Å². The van der Waals surface area contributed by atoms with Crippen LogP contribution >= 0.6 is 0 Å². The molecule has 1 aliphatic heterocycles. The van der Waals surface area contributed by atoms with Crippen molar-refractivity contribution < 1.29 is 13.5 Å². The van der Waals surface area contributed by atoms with Gasteiger partial charge in [0.05, 0.1) is 6.20 Å². The largest absolute Gasteiger partial charge is 0.339 e. The van der Waals surface area contributed by atoms with Gasteiger partial charge in [0.2, 0.25) is 11.7 Å². The molecule has 1 fully saturated rings. The lowest BCUT2D eigenvalue weighted by molar-refractivity contribution is 0.171. The Kier molecular flexibility index (Phi) is 4.73. The predicted molar refractivity (Wildman–Crippen MR) is 101 cm³/mol. The number of rotatable bonds is 5. The van der Waals surface area contributed by atoms with E-state index in [0.29, 0.717) is 23.3 Å². The van der Waals surface area contributed by atoms with Crippen LogP contribution in [0.4, 0.5) is 4.39 Å². The summed E-state index contributed by atoms with van der Waals surface area (Å²) in [6, 6.07) is 8.85. The van der Waals surface area contributed by atoms with Gasteiger partial charge >= 0.3 is 0 Å². The molecule has 0 N–H and O–H groups in total. The maximum Gasteiger partial charge on any atom is 0.227 e. The number of fused-ring (bicyclic) bond motifs is 1. The Morgan fingerprint density at radius 3 is 2.79 bits per heavy atom. The second-order valence-corrected chi connectivity index (χ2v) is 7.35. The molecular weight excluding hydrogens is 375 g/mol. The van der Waals surface area contributed by atoms with Gasteiger partial charge in [0.15, 0.2) is 0 Å². The first-order valence-electron chi connectivity index (χ1n) is 9.61. The highest BCUT2D eigenvalue weighted by molar-refractivity contribution is 5.76. The number of benzene rings is 1. The van der Waals surface area contributed by atoms with Gasteiger partial charge in [-0.05, 0) is 65.9 Å². The summed E-state index contributed by atoms with van der Waals surface area (Å²) in [5.74, 6) is 1.10. The Morgan fingerprint density at radius 1 is 1.07 bits per heavy atom. The van der Waals surface area contributed by atoms with Crippen molar-refractivity contribution >= 4 is 11.0 Å². The van der Waals surface area contributed by atoms with Crippen molar-refractivity contribution in [3.63, 3.8) is 0 Å². The molecule has 0 amide bonds. The van der Waals surface area contributed by atoms with E-state index in [1.54, 1.807) is 6.07 Å². The molecule has 8 nitrogen and oxygen atoms in total. The van der Waals surface area contributed by atoms with E-state index in [2.05, 4.69) is 36.4 Å². The molecule has 1 aromatic carbocycles. The Bertz CT molecular complexity index is 1100. The summed E-state index contributed by atoms with van der Waals surface area (Å²) in [7, 11) is 0. The van der Waals surface area contributed by atoms with Crippen molar-refractivity contribution in [1.82, 2.24) is 30.3 Å². The van der Waals surface area contributed by atoms with Crippen LogP contribution < -0.4 is 0 Å². The number of pyridine rings is 1. The highest BCUT2D eigenvalue weighted by atomic mass is 19.1. The molecule has 5 rings (SSSR count). The van der Waals surface area contributed by atoms with E-state index in [4.69, 9.17) is 9.15 Å². The van der Waals surface area contributed by atoms with Crippen molar-refractivity contribution in [1.29, 1.82) is 0 Å². The second-order valence-electron chi connectivity index (χ2n) is 7.35. The van der Waals surface area contributed by atoms with Crippen molar-refractivity contribution in [3.05, 3.63) is 53.8 Å². The molecule has 9 heteroatoms. The molecule has 3 aromatic heterocycles. The first-order chi connectivity index (χ1) is 14.2. The van der Waals surface area contributed by atoms with Crippen LogP contribution in [0.5, 0.6) is 0 Å². The number of hydrogen-bond acceptors (Lipinski definition) is 8. The first-order valence-corrected chi connectivity index (χ1v) is 9.61. The van der Waals surface area contributed by atoms with Crippen molar-refractivity contribution in [2.75, 3.05) is 13.1 Å². The molecule has 0 bridgehead atoms. The Balaban J connectivity index is 1.17. The third kappa shape index (κ3) is 3.86. The lowest BCUT2D eigenvalue weighted by Crippen LogP contribution is -2.34. The molecule has 1 saturated heterocycles. The lowest BCUT2D eigenvalue weighted by atomic mass is 9.93. The maximum atomic E-state index is 13.0. The van der Waals surface area contributed by atoms with Crippen LogP contribution in [0.15, 0.2) is 45.7 Å².